The van der Waals surface area contributed by atoms with Gasteiger partial charge in [-0.2, -0.15) is 0 Å². The number of hydrogen-bond acceptors (Lipinski definition) is 18. The second kappa shape index (κ2) is 31.8. The number of aliphatic hydroxyl groups excluding tert-OH is 2. The van der Waals surface area contributed by atoms with Gasteiger partial charge in [0.2, 0.25) is 23.1 Å². The number of carbonyl (C=O) groups is 8. The molecular weight excluding hydrogens is 1060 g/mol. The Labute approximate surface area is 479 Å². The summed E-state index contributed by atoms with van der Waals surface area (Å²) in [4.78, 5) is 107. The molecular formula is C60H82N6O16. The van der Waals surface area contributed by atoms with Gasteiger partial charge < -0.3 is 71.4 Å². The molecule has 2 aliphatic carbocycles. The van der Waals surface area contributed by atoms with Crippen molar-refractivity contribution in [3.05, 3.63) is 129 Å². The molecule has 0 fully saturated rings. The van der Waals surface area contributed by atoms with E-state index >= 15 is 0 Å². The first kappa shape index (κ1) is 67.2. The third-order valence-electron chi connectivity index (χ3n) is 14.5. The van der Waals surface area contributed by atoms with E-state index < -0.39 is 108 Å². The second-order valence-corrected chi connectivity index (χ2v) is 21.1. The Balaban J connectivity index is 1.64. The molecule has 0 unspecified atom stereocenters. The number of hydrogen-bond donors (Lipinski definition) is 8. The lowest BCUT2D eigenvalue weighted by molar-refractivity contribution is -0.120. The summed E-state index contributed by atoms with van der Waals surface area (Å²) in [6, 6.07) is 0. The summed E-state index contributed by atoms with van der Waals surface area (Å²) >= 11 is 0. The van der Waals surface area contributed by atoms with Crippen molar-refractivity contribution in [3.8, 4) is 0 Å². The Morgan fingerprint density at radius 1 is 0.598 bits per heavy atom. The highest BCUT2D eigenvalue weighted by Crippen LogP contribution is 2.31. The minimum absolute atomic E-state index is 0.00986. The fourth-order valence-corrected chi connectivity index (χ4v) is 10.0. The molecule has 0 saturated carbocycles. The van der Waals surface area contributed by atoms with Gasteiger partial charge in [-0.25, -0.2) is 9.59 Å². The van der Waals surface area contributed by atoms with E-state index in [2.05, 4.69) is 21.3 Å². The average molecular weight is 1140 g/mol. The monoisotopic (exact) mass is 1140 g/mol. The van der Waals surface area contributed by atoms with Crippen molar-refractivity contribution in [1.29, 1.82) is 0 Å². The zero-order chi connectivity index (χ0) is 61.1. The maximum absolute atomic E-state index is 14.3. The van der Waals surface area contributed by atoms with Crippen LogP contribution < -0.4 is 32.7 Å². The predicted octanol–water partition coefficient (Wildman–Crippen LogP) is 4.27. The van der Waals surface area contributed by atoms with Crippen LogP contribution in [0, 0.1) is 23.7 Å². The molecule has 0 radical (unpaired) electrons. The lowest BCUT2D eigenvalue weighted by Gasteiger charge is -2.30. The number of amides is 4. The van der Waals surface area contributed by atoms with Gasteiger partial charge in [0.15, 0.2) is 12.2 Å². The number of Topliss-reactive ketones (excluding diaryl/α,β-unsaturated/α-hetero) is 2. The molecule has 0 aromatic carbocycles. The molecule has 4 aliphatic rings. The van der Waals surface area contributed by atoms with Crippen molar-refractivity contribution in [2.45, 2.75) is 130 Å². The fraction of sp³-hybridized carbons (Fsp3) is 0.500. The van der Waals surface area contributed by atoms with E-state index in [9.17, 15) is 48.6 Å². The molecule has 4 amide bonds. The minimum Gasteiger partial charge on any atom is -0.439 e. The molecule has 22 heteroatoms. The molecule has 2 heterocycles. The Morgan fingerprint density at radius 2 is 0.951 bits per heavy atom. The van der Waals surface area contributed by atoms with E-state index in [1.807, 2.05) is 13.8 Å². The number of nitrogens with one attached hydrogen (secondary N) is 4. The predicted molar refractivity (Wildman–Crippen MR) is 304 cm³/mol. The maximum atomic E-state index is 14.3. The number of fused-ring (bicyclic) bond motifs is 4. The maximum Gasteiger partial charge on any atom is 0.405 e. The summed E-state index contributed by atoms with van der Waals surface area (Å²) in [6.07, 6.45) is 8.85. The Bertz CT molecular complexity index is 2590. The van der Waals surface area contributed by atoms with Crippen LogP contribution in [0.2, 0.25) is 0 Å². The van der Waals surface area contributed by atoms with Gasteiger partial charge in [-0.05, 0) is 76.4 Å². The van der Waals surface area contributed by atoms with Gasteiger partial charge in [0.25, 0.3) is 11.8 Å². The van der Waals surface area contributed by atoms with Crippen molar-refractivity contribution in [3.63, 3.8) is 0 Å². The zero-order valence-corrected chi connectivity index (χ0v) is 48.9. The van der Waals surface area contributed by atoms with E-state index in [0.717, 1.165) is 12.2 Å². The van der Waals surface area contributed by atoms with Gasteiger partial charge in [-0.3, -0.25) is 28.8 Å². The second-order valence-electron chi connectivity index (χ2n) is 21.1. The van der Waals surface area contributed by atoms with E-state index in [1.54, 1.807) is 64.2 Å². The summed E-state index contributed by atoms with van der Waals surface area (Å²) in [5.74, 6) is -5.58. The largest absolute Gasteiger partial charge is 0.439 e. The highest BCUT2D eigenvalue weighted by molar-refractivity contribution is 6.24. The molecule has 4 bridgehead atoms. The van der Waals surface area contributed by atoms with Crippen molar-refractivity contribution < 1.29 is 77.0 Å². The first-order valence-electron chi connectivity index (χ1n) is 27.1. The lowest BCUT2D eigenvalue weighted by atomic mass is 9.85. The number of carbonyl (C=O) groups excluding carboxylic acids is 8. The third-order valence-corrected chi connectivity index (χ3v) is 14.5. The number of methoxy groups -OCH3 is 4. The summed E-state index contributed by atoms with van der Waals surface area (Å²) in [6.45, 7) is 13.6. The first-order chi connectivity index (χ1) is 38.8. The molecule has 2 aliphatic heterocycles. The number of ketones is 4. The van der Waals surface area contributed by atoms with Crippen LogP contribution in [0.25, 0.3) is 0 Å². The smallest absolute Gasteiger partial charge is 0.405 e. The van der Waals surface area contributed by atoms with Crippen LogP contribution in [0.5, 0.6) is 0 Å². The number of allylic oxidation sites excluding steroid dienone is 8. The number of ether oxygens (including phenoxy) is 6. The Morgan fingerprint density at radius 3 is 1.27 bits per heavy atom. The summed E-state index contributed by atoms with van der Waals surface area (Å²) in [5.41, 5.74) is 11.9. The molecule has 0 aromatic heterocycles. The van der Waals surface area contributed by atoms with Crippen LogP contribution in [0.15, 0.2) is 129 Å². The quantitative estimate of drug-likeness (QED) is 0.0999. The molecule has 448 valence electrons. The highest BCUT2D eigenvalue weighted by atomic mass is 16.6. The number of rotatable bonds is 12. The normalized spacial score (nSPS) is 32.5. The van der Waals surface area contributed by atoms with Gasteiger partial charge in [-0.15, -0.1) is 0 Å². The van der Waals surface area contributed by atoms with Crippen molar-refractivity contribution >= 4 is 47.1 Å². The lowest BCUT2D eigenvalue weighted by Crippen LogP contribution is -2.38. The van der Waals surface area contributed by atoms with Crippen LogP contribution in [-0.2, 0) is 57.2 Å². The third kappa shape index (κ3) is 18.6. The van der Waals surface area contributed by atoms with E-state index in [0.29, 0.717) is 11.1 Å². The molecule has 12 atom stereocenters. The number of nitrogens with two attached hydrogens (primary N) is 2. The molecule has 0 saturated heterocycles. The van der Waals surface area contributed by atoms with Gasteiger partial charge in [0.1, 0.15) is 12.2 Å². The van der Waals surface area contributed by atoms with Crippen LogP contribution in [0.3, 0.4) is 0 Å². The molecule has 0 aromatic rings. The summed E-state index contributed by atoms with van der Waals surface area (Å²) in [5, 5.41) is 34.5. The summed E-state index contributed by atoms with van der Waals surface area (Å²) < 4.78 is 33.6. The van der Waals surface area contributed by atoms with Gasteiger partial charge in [0, 0.05) is 87.8 Å². The average Bonchev–Trinajstić information content (AvgIpc) is 3.52. The van der Waals surface area contributed by atoms with Crippen molar-refractivity contribution in [1.82, 2.24) is 21.3 Å². The van der Waals surface area contributed by atoms with Gasteiger partial charge in [0.05, 0.1) is 47.2 Å². The minimum atomic E-state index is -1.08. The number of primary amides is 2. The van der Waals surface area contributed by atoms with Crippen molar-refractivity contribution in [2.24, 2.45) is 35.1 Å². The number of aliphatic hydroxyl groups is 2. The Hall–Kier alpha value is -7.34. The standard InChI is InChI=1S/C60H82N6O16/c1-31-23-39-49(43(67)29-41(53(39)71)65-57(73)33(3)17-15-19-45(77-9)55(81-59(61)75)37(7)27-35(5)51(69)47(25-31)79-11)63-21-13-14-22-64-50-40-24-32(2)26-48(80-12)52(70)36(6)28-38(8)56(82-60(62)76)46(78-10)20-16-18-34(4)58(74)66-42(54(40)72)30-44(50)68/h13-20,27-32,35-36,45-48,51-52,55-56,63-64,69-70H,21-26H2,1-12H3,(H2,61,75)(H2,62,76)(H,65,73)(H,66,74)/b14-13+,19-15-,20-16-,33-17+,34-18+,37-27+,38-28+/t31-,32-,35+,36+,45+,46+,47+,48+,51-,52-,55+,56+/m1/s1. The molecule has 10 N–H and O–H groups in total. The SMILES string of the molecule is CO[C@H]1/C=C\C=C(/C)C(=O)NC2=CC(=O)C(NC/C=C/CNC3=C4C[C@@H](C)C[C@H](OC)[C@H](O)[C@@H](C)/C=C(\C)[C@H](OC(N)=O)[C@@H](OC)/C=C\C=C(/C)C(=O)NC(=CC3=O)C4=O)=C(C[C@@H](C)C[C@H](OC)[C@H](O)[C@@H](C)/C=C(\C)[C@@H]1OC(N)=O)C2=O. The van der Waals surface area contributed by atoms with Crippen LogP contribution >= 0.6 is 0 Å². The van der Waals surface area contributed by atoms with Crippen LogP contribution in [0.1, 0.15) is 81.1 Å². The molecule has 4 rings (SSSR count). The zero-order valence-electron chi connectivity index (χ0n) is 48.9. The van der Waals surface area contributed by atoms with Crippen LogP contribution in [-0.4, -0.2) is 148 Å². The van der Waals surface area contributed by atoms with Gasteiger partial charge >= 0.3 is 12.2 Å². The van der Waals surface area contributed by atoms with Crippen LogP contribution in [0.4, 0.5) is 9.59 Å². The molecule has 22 nitrogen and oxygen atoms in total. The summed E-state index contributed by atoms with van der Waals surface area (Å²) in [7, 11) is 5.70. The molecule has 82 heavy (non-hydrogen) atoms. The van der Waals surface area contributed by atoms with E-state index in [4.69, 9.17) is 39.9 Å². The van der Waals surface area contributed by atoms with Crippen molar-refractivity contribution in [2.75, 3.05) is 41.5 Å². The van der Waals surface area contributed by atoms with E-state index in [-0.39, 0.29) is 95.7 Å². The Kier molecular flexibility index (Phi) is 26.0. The van der Waals surface area contributed by atoms with E-state index in [1.165, 1.54) is 66.6 Å². The van der Waals surface area contributed by atoms with Gasteiger partial charge in [-0.1, -0.05) is 88.5 Å². The topological polar surface area (TPSA) is 333 Å². The highest BCUT2D eigenvalue weighted by Gasteiger charge is 2.36. The first-order valence-corrected chi connectivity index (χ1v) is 27.1. The fourth-order valence-electron chi connectivity index (χ4n) is 10.0. The molecule has 0 spiro atoms.